The number of nitrogens with zero attached hydrogens (tertiary/aromatic N) is 2. The van der Waals surface area contributed by atoms with E-state index in [4.69, 9.17) is 16.9 Å². The fraction of sp³-hybridized carbons (Fsp3) is 0.533. The molecule has 3 rings (SSSR count). The van der Waals surface area contributed by atoms with Gasteiger partial charge in [-0.1, -0.05) is 11.6 Å². The standard InChI is InChI=1S/C15H18ClN3/c16-14-8-11(10-17)3-4-15(14)18-12-5-7-19-6-1-2-13(19)9-12/h3-4,8,12-13,18H,1-2,5-7,9H2. The summed E-state index contributed by atoms with van der Waals surface area (Å²) in [7, 11) is 0. The minimum Gasteiger partial charge on any atom is -0.381 e. The summed E-state index contributed by atoms with van der Waals surface area (Å²) in [4.78, 5) is 2.61. The van der Waals surface area contributed by atoms with Gasteiger partial charge in [0.1, 0.15) is 0 Å². The highest BCUT2D eigenvalue weighted by molar-refractivity contribution is 6.33. The molecule has 0 bridgehead atoms. The van der Waals surface area contributed by atoms with Crippen molar-refractivity contribution in [2.24, 2.45) is 0 Å². The van der Waals surface area contributed by atoms with E-state index >= 15 is 0 Å². The molecule has 0 aromatic heterocycles. The lowest BCUT2D eigenvalue weighted by Gasteiger charge is -2.35. The first-order chi connectivity index (χ1) is 9.26. The lowest BCUT2D eigenvalue weighted by Crippen LogP contribution is -2.42. The zero-order valence-electron chi connectivity index (χ0n) is 10.9. The fourth-order valence-corrected chi connectivity index (χ4v) is 3.51. The van der Waals surface area contributed by atoms with Crippen molar-refractivity contribution in [1.29, 1.82) is 5.26 Å². The van der Waals surface area contributed by atoms with E-state index in [9.17, 15) is 0 Å². The third-order valence-electron chi connectivity index (χ3n) is 4.28. The van der Waals surface area contributed by atoms with Gasteiger partial charge < -0.3 is 10.2 Å². The van der Waals surface area contributed by atoms with Crippen LogP contribution in [0.4, 0.5) is 5.69 Å². The second-order valence-electron chi connectivity index (χ2n) is 5.50. The molecule has 19 heavy (non-hydrogen) atoms. The maximum absolute atomic E-state index is 8.84. The van der Waals surface area contributed by atoms with Crippen LogP contribution in [-0.2, 0) is 0 Å². The highest BCUT2D eigenvalue weighted by Gasteiger charge is 2.31. The summed E-state index contributed by atoms with van der Waals surface area (Å²) in [6.45, 7) is 2.46. The molecule has 0 saturated carbocycles. The fourth-order valence-electron chi connectivity index (χ4n) is 3.28. The summed E-state index contributed by atoms with van der Waals surface area (Å²) >= 11 is 6.21. The van der Waals surface area contributed by atoms with Gasteiger partial charge in [-0.05, 0) is 50.4 Å². The molecule has 2 saturated heterocycles. The molecule has 2 aliphatic heterocycles. The average molecular weight is 276 g/mol. The number of halogens is 1. The van der Waals surface area contributed by atoms with Crippen molar-refractivity contribution >= 4 is 17.3 Å². The molecule has 2 unspecified atom stereocenters. The molecular weight excluding hydrogens is 258 g/mol. The van der Waals surface area contributed by atoms with E-state index in [0.717, 1.165) is 11.7 Å². The largest absolute Gasteiger partial charge is 0.381 e. The molecule has 2 aliphatic rings. The maximum Gasteiger partial charge on any atom is 0.0992 e. The van der Waals surface area contributed by atoms with E-state index < -0.39 is 0 Å². The van der Waals surface area contributed by atoms with Crippen LogP contribution in [0.2, 0.25) is 5.02 Å². The van der Waals surface area contributed by atoms with Crippen molar-refractivity contribution in [3.63, 3.8) is 0 Å². The van der Waals surface area contributed by atoms with Gasteiger partial charge >= 0.3 is 0 Å². The SMILES string of the molecule is N#Cc1ccc(NC2CCN3CCCC3C2)c(Cl)c1. The normalized spacial score (nSPS) is 26.7. The summed E-state index contributed by atoms with van der Waals surface area (Å²) in [5.74, 6) is 0. The third kappa shape index (κ3) is 2.70. The van der Waals surface area contributed by atoms with Gasteiger partial charge in [0.2, 0.25) is 0 Å². The first kappa shape index (κ1) is 12.8. The van der Waals surface area contributed by atoms with Gasteiger partial charge in [0.05, 0.1) is 22.3 Å². The van der Waals surface area contributed by atoms with Crippen molar-refractivity contribution in [1.82, 2.24) is 4.90 Å². The van der Waals surface area contributed by atoms with Crippen LogP contribution in [0.3, 0.4) is 0 Å². The molecule has 1 aromatic carbocycles. The quantitative estimate of drug-likeness (QED) is 0.900. The zero-order valence-corrected chi connectivity index (χ0v) is 11.7. The van der Waals surface area contributed by atoms with Crippen LogP contribution in [0.25, 0.3) is 0 Å². The molecular formula is C15H18ClN3. The number of piperidine rings is 1. The van der Waals surface area contributed by atoms with Crippen LogP contribution in [0.15, 0.2) is 18.2 Å². The molecule has 2 atom stereocenters. The number of nitrogens with one attached hydrogen (secondary N) is 1. The van der Waals surface area contributed by atoms with Crippen molar-refractivity contribution in [3.8, 4) is 6.07 Å². The molecule has 1 aromatic rings. The zero-order chi connectivity index (χ0) is 13.2. The number of fused-ring (bicyclic) bond motifs is 1. The Balaban J connectivity index is 1.67. The van der Waals surface area contributed by atoms with Crippen molar-refractivity contribution in [2.75, 3.05) is 18.4 Å². The monoisotopic (exact) mass is 275 g/mol. The van der Waals surface area contributed by atoms with Gasteiger partial charge in [0.25, 0.3) is 0 Å². The number of hydrogen-bond acceptors (Lipinski definition) is 3. The topological polar surface area (TPSA) is 39.1 Å². The van der Waals surface area contributed by atoms with Crippen LogP contribution >= 0.6 is 11.6 Å². The maximum atomic E-state index is 8.84. The Morgan fingerprint density at radius 2 is 2.21 bits per heavy atom. The van der Waals surface area contributed by atoms with Crippen LogP contribution in [0.5, 0.6) is 0 Å². The van der Waals surface area contributed by atoms with Crippen molar-refractivity contribution in [3.05, 3.63) is 28.8 Å². The number of benzene rings is 1. The van der Waals surface area contributed by atoms with Crippen LogP contribution in [0, 0.1) is 11.3 Å². The van der Waals surface area contributed by atoms with Gasteiger partial charge in [0, 0.05) is 18.6 Å². The minimum absolute atomic E-state index is 0.504. The van der Waals surface area contributed by atoms with Gasteiger partial charge in [-0.3, -0.25) is 0 Å². The van der Waals surface area contributed by atoms with Gasteiger partial charge in [0.15, 0.2) is 0 Å². The summed E-state index contributed by atoms with van der Waals surface area (Å²) in [5.41, 5.74) is 1.57. The van der Waals surface area contributed by atoms with Crippen molar-refractivity contribution < 1.29 is 0 Å². The molecule has 0 amide bonds. The molecule has 4 heteroatoms. The Morgan fingerprint density at radius 1 is 1.32 bits per heavy atom. The number of nitriles is 1. The Kier molecular flexibility index (Phi) is 3.63. The third-order valence-corrected chi connectivity index (χ3v) is 4.59. The van der Waals surface area contributed by atoms with Gasteiger partial charge in [-0.15, -0.1) is 0 Å². The van der Waals surface area contributed by atoms with Crippen LogP contribution in [0.1, 0.15) is 31.2 Å². The lowest BCUT2D eigenvalue weighted by molar-refractivity contribution is 0.188. The average Bonchev–Trinajstić information content (AvgIpc) is 2.88. The molecule has 1 N–H and O–H groups in total. The minimum atomic E-state index is 0.504. The summed E-state index contributed by atoms with van der Waals surface area (Å²) < 4.78 is 0. The molecule has 100 valence electrons. The van der Waals surface area contributed by atoms with E-state index in [1.807, 2.05) is 12.1 Å². The summed E-state index contributed by atoms with van der Waals surface area (Å²) in [5, 5.41) is 13.0. The highest BCUT2D eigenvalue weighted by atomic mass is 35.5. The second kappa shape index (κ2) is 5.40. The first-order valence-corrected chi connectivity index (χ1v) is 7.34. The predicted octanol–water partition coefficient (Wildman–Crippen LogP) is 3.25. The van der Waals surface area contributed by atoms with Crippen LogP contribution < -0.4 is 5.32 Å². The Bertz CT molecular complexity index is 509. The van der Waals surface area contributed by atoms with Crippen LogP contribution in [-0.4, -0.2) is 30.1 Å². The molecule has 2 heterocycles. The van der Waals surface area contributed by atoms with E-state index in [-0.39, 0.29) is 0 Å². The van der Waals surface area contributed by atoms with E-state index in [2.05, 4.69) is 16.3 Å². The summed E-state index contributed by atoms with van der Waals surface area (Å²) in [6.07, 6.45) is 5.05. The molecule has 0 aliphatic carbocycles. The van der Waals surface area contributed by atoms with Gasteiger partial charge in [-0.2, -0.15) is 5.26 Å². The predicted molar refractivity (Wildman–Crippen MR) is 77.4 cm³/mol. The van der Waals surface area contributed by atoms with Crippen molar-refractivity contribution in [2.45, 2.75) is 37.8 Å². The molecule has 0 radical (unpaired) electrons. The lowest BCUT2D eigenvalue weighted by atomic mass is 9.97. The summed E-state index contributed by atoms with van der Waals surface area (Å²) in [6, 6.07) is 8.84. The highest BCUT2D eigenvalue weighted by Crippen LogP contribution is 2.30. The molecule has 2 fully saturated rings. The molecule has 3 nitrogen and oxygen atoms in total. The number of hydrogen-bond donors (Lipinski definition) is 1. The Hall–Kier alpha value is -1.24. The second-order valence-corrected chi connectivity index (χ2v) is 5.91. The first-order valence-electron chi connectivity index (χ1n) is 6.96. The number of anilines is 1. The molecule has 0 spiro atoms. The van der Waals surface area contributed by atoms with E-state index in [1.54, 1.807) is 6.07 Å². The van der Waals surface area contributed by atoms with E-state index in [0.29, 0.717) is 16.6 Å². The van der Waals surface area contributed by atoms with Gasteiger partial charge in [-0.25, -0.2) is 0 Å². The van der Waals surface area contributed by atoms with E-state index in [1.165, 1.54) is 38.8 Å². The number of rotatable bonds is 2. The Morgan fingerprint density at radius 3 is 3.00 bits per heavy atom. The smallest absolute Gasteiger partial charge is 0.0992 e. The Labute approximate surface area is 119 Å².